The van der Waals surface area contributed by atoms with Gasteiger partial charge in [-0.25, -0.2) is 0 Å². The van der Waals surface area contributed by atoms with Crippen LogP contribution in [0.5, 0.6) is 0 Å². The largest absolute Gasteiger partial charge is 0.329 e. The first-order valence-corrected chi connectivity index (χ1v) is 8.32. The second kappa shape index (κ2) is 6.07. The maximum Gasteiger partial charge on any atom is 0.0367 e. The van der Waals surface area contributed by atoms with Gasteiger partial charge >= 0.3 is 0 Å². The van der Waals surface area contributed by atoms with Crippen molar-refractivity contribution in [3.8, 4) is 0 Å². The fourth-order valence-corrected chi connectivity index (χ4v) is 4.51. The lowest BCUT2D eigenvalue weighted by molar-refractivity contribution is 0.188. The molecule has 2 unspecified atom stereocenters. The van der Waals surface area contributed by atoms with Crippen LogP contribution in [0.25, 0.3) is 0 Å². The molecule has 116 valence electrons. The SMILES string of the molecule is CN(C)CCNC1(CN)C2CCC1Cc1ccccc1C2. The van der Waals surface area contributed by atoms with Crippen molar-refractivity contribution in [1.82, 2.24) is 10.2 Å². The second-order valence-corrected chi connectivity index (χ2v) is 7.12. The highest BCUT2D eigenvalue weighted by atomic mass is 15.1. The quantitative estimate of drug-likeness (QED) is 0.865. The Morgan fingerprint density at radius 1 is 1.14 bits per heavy atom. The smallest absolute Gasteiger partial charge is 0.0367 e. The maximum absolute atomic E-state index is 6.30. The molecule has 1 aromatic carbocycles. The van der Waals surface area contributed by atoms with E-state index in [1.807, 2.05) is 0 Å². The summed E-state index contributed by atoms with van der Waals surface area (Å²) in [6.07, 6.45) is 5.04. The maximum atomic E-state index is 6.30. The fraction of sp³-hybridized carbons (Fsp3) is 0.667. The Morgan fingerprint density at radius 2 is 1.71 bits per heavy atom. The van der Waals surface area contributed by atoms with E-state index in [1.54, 1.807) is 11.1 Å². The molecule has 3 nitrogen and oxygen atoms in total. The summed E-state index contributed by atoms with van der Waals surface area (Å²) in [5.41, 5.74) is 9.56. The van der Waals surface area contributed by atoms with Crippen LogP contribution in [-0.4, -0.2) is 44.2 Å². The van der Waals surface area contributed by atoms with Gasteiger partial charge in [-0.1, -0.05) is 24.3 Å². The summed E-state index contributed by atoms with van der Waals surface area (Å²) in [6.45, 7) is 2.88. The van der Waals surface area contributed by atoms with E-state index in [0.717, 1.165) is 19.6 Å². The number of hydrogen-bond donors (Lipinski definition) is 2. The first kappa shape index (κ1) is 15.0. The van der Waals surface area contributed by atoms with Gasteiger partial charge in [-0.3, -0.25) is 0 Å². The third-order valence-corrected chi connectivity index (χ3v) is 5.72. The van der Waals surface area contributed by atoms with E-state index in [9.17, 15) is 0 Å². The van der Waals surface area contributed by atoms with E-state index in [0.29, 0.717) is 11.8 Å². The van der Waals surface area contributed by atoms with Gasteiger partial charge in [-0.2, -0.15) is 0 Å². The minimum absolute atomic E-state index is 0.148. The molecule has 0 heterocycles. The summed E-state index contributed by atoms with van der Waals surface area (Å²) < 4.78 is 0. The third-order valence-electron chi connectivity index (χ3n) is 5.72. The Kier molecular flexibility index (Phi) is 4.34. The minimum atomic E-state index is 0.148. The summed E-state index contributed by atoms with van der Waals surface area (Å²) in [7, 11) is 4.27. The van der Waals surface area contributed by atoms with Crippen molar-refractivity contribution >= 4 is 0 Å². The monoisotopic (exact) mass is 287 g/mol. The zero-order valence-corrected chi connectivity index (χ0v) is 13.4. The summed E-state index contributed by atoms with van der Waals surface area (Å²) >= 11 is 0. The van der Waals surface area contributed by atoms with Crippen LogP contribution in [0.1, 0.15) is 24.0 Å². The van der Waals surface area contributed by atoms with Crippen LogP contribution in [0.3, 0.4) is 0 Å². The highest BCUT2D eigenvalue weighted by Crippen LogP contribution is 2.46. The molecule has 0 aromatic heterocycles. The molecule has 2 bridgehead atoms. The van der Waals surface area contributed by atoms with Gasteiger partial charge in [0, 0.05) is 25.2 Å². The number of benzene rings is 1. The van der Waals surface area contributed by atoms with E-state index in [4.69, 9.17) is 5.73 Å². The zero-order chi connectivity index (χ0) is 14.9. The number of fused-ring (bicyclic) bond motifs is 3. The number of nitrogens with zero attached hydrogens (tertiary/aromatic N) is 1. The minimum Gasteiger partial charge on any atom is -0.329 e. The van der Waals surface area contributed by atoms with Crippen LogP contribution in [-0.2, 0) is 12.8 Å². The molecule has 0 spiro atoms. The van der Waals surface area contributed by atoms with Gasteiger partial charge in [0.2, 0.25) is 0 Å². The number of nitrogens with one attached hydrogen (secondary N) is 1. The topological polar surface area (TPSA) is 41.3 Å². The second-order valence-electron chi connectivity index (χ2n) is 7.12. The van der Waals surface area contributed by atoms with E-state index in [1.165, 1.54) is 25.7 Å². The molecule has 2 atom stereocenters. The standard InChI is InChI=1S/C18H29N3/c1-21(2)10-9-20-18(13-19)16-7-8-17(18)12-15-6-4-3-5-14(15)11-16/h3-6,16-17,20H,7-13,19H2,1-2H3. The van der Waals surface area contributed by atoms with Crippen LogP contribution < -0.4 is 11.1 Å². The Labute approximate surface area is 128 Å². The Balaban J connectivity index is 1.82. The van der Waals surface area contributed by atoms with Crippen LogP contribution in [0, 0.1) is 11.8 Å². The van der Waals surface area contributed by atoms with E-state index in [2.05, 4.69) is 48.6 Å². The van der Waals surface area contributed by atoms with Gasteiger partial charge in [-0.15, -0.1) is 0 Å². The van der Waals surface area contributed by atoms with Crippen molar-refractivity contribution in [3.63, 3.8) is 0 Å². The molecule has 3 heteroatoms. The molecule has 1 fully saturated rings. The van der Waals surface area contributed by atoms with E-state index < -0.39 is 0 Å². The normalized spacial score (nSPS) is 31.2. The third kappa shape index (κ3) is 2.75. The van der Waals surface area contributed by atoms with Crippen LogP contribution in [0.2, 0.25) is 0 Å². The molecule has 0 aliphatic heterocycles. The average molecular weight is 287 g/mol. The van der Waals surface area contributed by atoms with Crippen molar-refractivity contribution in [3.05, 3.63) is 35.4 Å². The predicted molar refractivity (Wildman–Crippen MR) is 88.4 cm³/mol. The molecule has 1 saturated carbocycles. The highest BCUT2D eigenvalue weighted by Gasteiger charge is 2.50. The first-order chi connectivity index (χ1) is 10.2. The lowest BCUT2D eigenvalue weighted by Gasteiger charge is -2.40. The van der Waals surface area contributed by atoms with Crippen molar-refractivity contribution in [1.29, 1.82) is 0 Å². The first-order valence-electron chi connectivity index (χ1n) is 8.32. The van der Waals surface area contributed by atoms with Gasteiger partial charge in [0.05, 0.1) is 0 Å². The molecule has 3 N–H and O–H groups in total. The summed E-state index contributed by atoms with van der Waals surface area (Å²) in [5.74, 6) is 1.39. The van der Waals surface area contributed by atoms with Crippen molar-refractivity contribution in [2.75, 3.05) is 33.7 Å². The van der Waals surface area contributed by atoms with E-state index in [-0.39, 0.29) is 5.54 Å². The molecular weight excluding hydrogens is 258 g/mol. The van der Waals surface area contributed by atoms with Gasteiger partial charge in [0.1, 0.15) is 0 Å². The molecule has 0 saturated heterocycles. The van der Waals surface area contributed by atoms with Gasteiger partial charge in [0.25, 0.3) is 0 Å². The van der Waals surface area contributed by atoms with Crippen molar-refractivity contribution < 1.29 is 0 Å². The van der Waals surface area contributed by atoms with Crippen molar-refractivity contribution in [2.24, 2.45) is 17.6 Å². The molecule has 1 aromatic rings. The van der Waals surface area contributed by atoms with E-state index >= 15 is 0 Å². The van der Waals surface area contributed by atoms with Gasteiger partial charge < -0.3 is 16.0 Å². The Morgan fingerprint density at radius 3 is 2.19 bits per heavy atom. The zero-order valence-electron chi connectivity index (χ0n) is 13.4. The molecule has 2 aliphatic carbocycles. The Bertz CT molecular complexity index is 450. The van der Waals surface area contributed by atoms with Crippen LogP contribution in [0.4, 0.5) is 0 Å². The number of rotatable bonds is 5. The molecule has 0 amide bonds. The Hall–Kier alpha value is -0.900. The molecular formula is C18H29N3. The van der Waals surface area contributed by atoms with Crippen LogP contribution >= 0.6 is 0 Å². The molecule has 0 radical (unpaired) electrons. The molecule has 21 heavy (non-hydrogen) atoms. The molecule has 2 aliphatic rings. The van der Waals surface area contributed by atoms with Crippen LogP contribution in [0.15, 0.2) is 24.3 Å². The fourth-order valence-electron chi connectivity index (χ4n) is 4.51. The summed E-state index contributed by atoms with van der Waals surface area (Å²) in [4.78, 5) is 2.24. The number of nitrogens with two attached hydrogens (primary N) is 1. The average Bonchev–Trinajstić information content (AvgIpc) is 2.70. The number of hydrogen-bond acceptors (Lipinski definition) is 3. The van der Waals surface area contributed by atoms with Crippen molar-refractivity contribution in [2.45, 2.75) is 31.2 Å². The highest BCUT2D eigenvalue weighted by molar-refractivity contribution is 5.32. The lowest BCUT2D eigenvalue weighted by atomic mass is 9.79. The van der Waals surface area contributed by atoms with Gasteiger partial charge in [-0.05, 0) is 62.7 Å². The summed E-state index contributed by atoms with van der Waals surface area (Å²) in [6, 6.07) is 9.00. The molecule has 3 rings (SSSR count). The van der Waals surface area contributed by atoms with Gasteiger partial charge in [0.15, 0.2) is 0 Å². The predicted octanol–water partition coefficient (Wildman–Crippen LogP) is 1.66. The lowest BCUT2D eigenvalue weighted by Crippen LogP contribution is -2.59. The summed E-state index contributed by atoms with van der Waals surface area (Å²) in [5, 5.41) is 3.89. The number of likely N-dealkylation sites (N-methyl/N-ethyl adjacent to an activating group) is 1.